The molecule has 0 aromatic heterocycles. The first-order valence-electron chi connectivity index (χ1n) is 10.3. The molecular formula is C25H26N2O4. The highest BCUT2D eigenvalue weighted by molar-refractivity contribution is 5.70. The van der Waals surface area contributed by atoms with Crippen molar-refractivity contribution in [3.8, 4) is 11.5 Å². The quantitative estimate of drug-likeness (QED) is 0.389. The Morgan fingerprint density at radius 2 is 1.48 bits per heavy atom. The number of ether oxygens (including phenoxy) is 2. The summed E-state index contributed by atoms with van der Waals surface area (Å²) in [6.45, 7) is 1.12. The second kappa shape index (κ2) is 9.53. The van der Waals surface area contributed by atoms with Crippen molar-refractivity contribution in [3.05, 3.63) is 95.6 Å². The number of carbonyl (C=O) groups excluding carboxylic acids is 1. The van der Waals surface area contributed by atoms with Crippen LogP contribution in [0.15, 0.2) is 78.9 Å². The molecule has 1 aliphatic rings. The summed E-state index contributed by atoms with van der Waals surface area (Å²) in [6.07, 6.45) is 0.882. The summed E-state index contributed by atoms with van der Waals surface area (Å²) in [5, 5.41) is 10.2. The maximum absolute atomic E-state index is 11.1. The van der Waals surface area contributed by atoms with Crippen molar-refractivity contribution in [2.45, 2.75) is 25.6 Å². The number of rotatable bonds is 9. The predicted octanol–water partition coefficient (Wildman–Crippen LogP) is 4.72. The molecule has 2 atom stereocenters. The molecule has 2 unspecified atom stereocenters. The molecule has 6 nitrogen and oxygen atoms in total. The lowest BCUT2D eigenvalue weighted by atomic mass is 10.1. The molecule has 160 valence electrons. The van der Waals surface area contributed by atoms with Crippen LogP contribution in [0.25, 0.3) is 0 Å². The Balaban J connectivity index is 1.48. The smallest absolute Gasteiger partial charge is 0.338 e. The van der Waals surface area contributed by atoms with E-state index in [1.54, 1.807) is 0 Å². The summed E-state index contributed by atoms with van der Waals surface area (Å²) in [7, 11) is 0. The molecule has 1 saturated carbocycles. The topological polar surface area (TPSA) is 85.0 Å². The number of carbonyl (C=O) groups is 1. The number of benzene rings is 3. The van der Waals surface area contributed by atoms with E-state index in [1.807, 2.05) is 78.9 Å². The van der Waals surface area contributed by atoms with E-state index in [-0.39, 0.29) is 18.4 Å². The molecule has 0 bridgehead atoms. The Bertz CT molecular complexity index is 1010. The van der Waals surface area contributed by atoms with Gasteiger partial charge in [-0.15, -0.1) is 0 Å². The molecular weight excluding hydrogens is 392 g/mol. The van der Waals surface area contributed by atoms with Crippen LogP contribution in [0.3, 0.4) is 0 Å². The minimum atomic E-state index is -0.831. The normalized spacial score (nSPS) is 17.1. The largest absolute Gasteiger partial charge is 0.485 e. The second-order valence-electron chi connectivity index (χ2n) is 7.78. The second-order valence-corrected chi connectivity index (χ2v) is 7.78. The molecule has 1 fully saturated rings. The maximum Gasteiger partial charge on any atom is 0.338 e. The summed E-state index contributed by atoms with van der Waals surface area (Å²) in [5.41, 5.74) is 8.37. The van der Waals surface area contributed by atoms with Crippen molar-refractivity contribution >= 4 is 6.03 Å². The standard InChI is InChI=1S/C25H26N2O4/c26-25(28)27(29)15-21-13-22(21)20-11-12-23(30-16-18-7-3-1-4-8-18)24(14-20)31-17-19-9-5-2-6-10-19/h1-12,14,21-22,29H,13,15-17H2,(H2,26,28). The SMILES string of the molecule is NC(=O)N(O)CC1CC1c1ccc(OCc2ccccc2)c(OCc2ccccc2)c1. The lowest BCUT2D eigenvalue weighted by Crippen LogP contribution is -2.34. The van der Waals surface area contributed by atoms with Crippen molar-refractivity contribution < 1.29 is 19.5 Å². The molecule has 3 aromatic carbocycles. The monoisotopic (exact) mass is 418 g/mol. The van der Waals surface area contributed by atoms with Gasteiger partial charge in [0.2, 0.25) is 0 Å². The van der Waals surface area contributed by atoms with Crippen LogP contribution in [0.2, 0.25) is 0 Å². The third kappa shape index (κ3) is 5.55. The molecule has 4 rings (SSSR count). The molecule has 3 N–H and O–H groups in total. The van der Waals surface area contributed by atoms with Gasteiger partial charge in [-0.05, 0) is 47.1 Å². The van der Waals surface area contributed by atoms with Gasteiger partial charge in [-0.3, -0.25) is 5.21 Å². The molecule has 31 heavy (non-hydrogen) atoms. The van der Waals surface area contributed by atoms with Crippen molar-refractivity contribution in [2.75, 3.05) is 6.54 Å². The summed E-state index contributed by atoms with van der Waals surface area (Å²) in [5.74, 6) is 1.78. The summed E-state index contributed by atoms with van der Waals surface area (Å²) < 4.78 is 12.2. The average Bonchev–Trinajstić information content (AvgIpc) is 3.57. The Hall–Kier alpha value is -3.51. The first kappa shape index (κ1) is 20.8. The zero-order chi connectivity index (χ0) is 21.6. The predicted molar refractivity (Wildman–Crippen MR) is 117 cm³/mol. The Kier molecular flexibility index (Phi) is 6.38. The highest BCUT2D eigenvalue weighted by Crippen LogP contribution is 2.49. The molecule has 0 radical (unpaired) electrons. The van der Waals surface area contributed by atoms with Crippen molar-refractivity contribution in [1.82, 2.24) is 5.06 Å². The van der Waals surface area contributed by atoms with E-state index >= 15 is 0 Å². The van der Waals surface area contributed by atoms with E-state index in [9.17, 15) is 10.0 Å². The van der Waals surface area contributed by atoms with Crippen LogP contribution < -0.4 is 15.2 Å². The summed E-state index contributed by atoms with van der Waals surface area (Å²) >= 11 is 0. The minimum absolute atomic E-state index is 0.176. The van der Waals surface area contributed by atoms with Crippen LogP contribution in [0, 0.1) is 5.92 Å². The van der Waals surface area contributed by atoms with Crippen LogP contribution in [0.5, 0.6) is 11.5 Å². The fraction of sp³-hybridized carbons (Fsp3) is 0.240. The fourth-order valence-corrected chi connectivity index (χ4v) is 3.63. The van der Waals surface area contributed by atoms with Crippen LogP contribution in [-0.2, 0) is 13.2 Å². The lowest BCUT2D eigenvalue weighted by molar-refractivity contribution is -0.0431. The molecule has 6 heteroatoms. The Labute approximate surface area is 181 Å². The molecule has 1 aliphatic carbocycles. The number of hydrogen-bond donors (Lipinski definition) is 2. The van der Waals surface area contributed by atoms with Gasteiger partial charge in [0, 0.05) is 0 Å². The summed E-state index contributed by atoms with van der Waals surface area (Å²) in [4.78, 5) is 11.1. The van der Waals surface area contributed by atoms with Gasteiger partial charge in [0.05, 0.1) is 6.54 Å². The van der Waals surface area contributed by atoms with E-state index in [1.165, 1.54) is 0 Å². The molecule has 0 saturated heterocycles. The van der Waals surface area contributed by atoms with Gasteiger partial charge < -0.3 is 15.2 Å². The zero-order valence-electron chi connectivity index (χ0n) is 17.2. The van der Waals surface area contributed by atoms with Crippen LogP contribution in [0.1, 0.15) is 29.0 Å². The minimum Gasteiger partial charge on any atom is -0.485 e. The Morgan fingerprint density at radius 3 is 2.06 bits per heavy atom. The molecule has 3 aromatic rings. The number of hydroxylamine groups is 2. The highest BCUT2D eigenvalue weighted by Gasteiger charge is 2.40. The van der Waals surface area contributed by atoms with Crippen molar-refractivity contribution in [3.63, 3.8) is 0 Å². The van der Waals surface area contributed by atoms with Gasteiger partial charge in [0.1, 0.15) is 13.2 Å². The molecule has 0 heterocycles. The highest BCUT2D eigenvalue weighted by atomic mass is 16.5. The number of hydrogen-bond acceptors (Lipinski definition) is 4. The Morgan fingerprint density at radius 1 is 0.903 bits per heavy atom. The number of urea groups is 1. The van der Waals surface area contributed by atoms with Gasteiger partial charge in [-0.2, -0.15) is 0 Å². The van der Waals surface area contributed by atoms with Gasteiger partial charge in [-0.1, -0.05) is 66.7 Å². The van der Waals surface area contributed by atoms with Gasteiger partial charge in [0.25, 0.3) is 0 Å². The first-order chi connectivity index (χ1) is 15.1. The fourth-order valence-electron chi connectivity index (χ4n) is 3.63. The number of primary amides is 1. The van der Waals surface area contributed by atoms with Crippen LogP contribution >= 0.6 is 0 Å². The zero-order valence-corrected chi connectivity index (χ0v) is 17.2. The maximum atomic E-state index is 11.1. The van der Waals surface area contributed by atoms with Gasteiger partial charge in [0.15, 0.2) is 11.5 Å². The molecule has 0 aliphatic heterocycles. The summed E-state index contributed by atoms with van der Waals surface area (Å²) in [6, 6.07) is 25.1. The lowest BCUT2D eigenvalue weighted by Gasteiger charge is -2.15. The van der Waals surface area contributed by atoms with E-state index < -0.39 is 6.03 Å². The molecule has 0 spiro atoms. The van der Waals surface area contributed by atoms with E-state index in [2.05, 4.69) is 0 Å². The molecule has 2 amide bonds. The van der Waals surface area contributed by atoms with Gasteiger partial charge >= 0.3 is 6.03 Å². The number of amides is 2. The van der Waals surface area contributed by atoms with E-state index in [0.717, 1.165) is 23.1 Å². The van der Waals surface area contributed by atoms with E-state index in [4.69, 9.17) is 15.2 Å². The van der Waals surface area contributed by atoms with E-state index in [0.29, 0.717) is 29.8 Å². The van der Waals surface area contributed by atoms with Crippen molar-refractivity contribution in [1.29, 1.82) is 0 Å². The van der Waals surface area contributed by atoms with Crippen LogP contribution in [-0.4, -0.2) is 22.8 Å². The number of nitrogens with two attached hydrogens (primary N) is 1. The first-order valence-corrected chi connectivity index (χ1v) is 10.3. The van der Waals surface area contributed by atoms with Crippen LogP contribution in [0.4, 0.5) is 4.79 Å². The third-order valence-corrected chi connectivity index (χ3v) is 5.45. The average molecular weight is 418 g/mol. The third-order valence-electron chi connectivity index (χ3n) is 5.45. The van der Waals surface area contributed by atoms with Crippen molar-refractivity contribution in [2.24, 2.45) is 11.7 Å². The number of nitrogens with zero attached hydrogens (tertiary/aromatic N) is 1. The van der Waals surface area contributed by atoms with Gasteiger partial charge in [-0.25, -0.2) is 9.86 Å².